The Kier molecular flexibility index (Phi) is 6.51. The van der Waals surface area contributed by atoms with E-state index >= 15 is 0 Å². The van der Waals surface area contributed by atoms with Crippen molar-refractivity contribution >= 4 is 27.8 Å². The van der Waals surface area contributed by atoms with Crippen molar-refractivity contribution in [2.24, 2.45) is 5.92 Å². The normalized spacial score (nSPS) is 13.3. The van der Waals surface area contributed by atoms with Crippen molar-refractivity contribution in [2.45, 2.75) is 26.4 Å². The van der Waals surface area contributed by atoms with Crippen molar-refractivity contribution in [3.8, 4) is 5.75 Å². The Bertz CT molecular complexity index is 461. The molecule has 0 aliphatic heterocycles. The molecule has 2 N–H and O–H groups in total. The van der Waals surface area contributed by atoms with Gasteiger partial charge in [0.25, 0.3) is 5.91 Å². The maximum absolute atomic E-state index is 11.8. The standard InChI is InChI=1S/C14H18BrNO4/c1-3-10(14(18)19)8-16-13(17)9(2)20-12-6-4-11(15)5-7-12/h4-7,9-10H,3,8H2,1-2H3,(H,16,17)(H,18,19). The molecule has 0 fully saturated rings. The summed E-state index contributed by atoms with van der Waals surface area (Å²) in [5, 5.41) is 11.5. The molecule has 0 aliphatic carbocycles. The molecule has 1 aromatic carbocycles. The Hall–Kier alpha value is -1.56. The zero-order chi connectivity index (χ0) is 15.1. The predicted molar refractivity (Wildman–Crippen MR) is 78.7 cm³/mol. The van der Waals surface area contributed by atoms with Gasteiger partial charge in [0.05, 0.1) is 5.92 Å². The molecule has 0 saturated carbocycles. The average Bonchev–Trinajstić information content (AvgIpc) is 2.41. The largest absolute Gasteiger partial charge is 0.481 e. The van der Waals surface area contributed by atoms with E-state index in [9.17, 15) is 9.59 Å². The van der Waals surface area contributed by atoms with E-state index in [0.29, 0.717) is 12.2 Å². The molecular weight excluding hydrogens is 326 g/mol. The average molecular weight is 344 g/mol. The van der Waals surface area contributed by atoms with Crippen LogP contribution in [-0.2, 0) is 9.59 Å². The van der Waals surface area contributed by atoms with Gasteiger partial charge in [-0.2, -0.15) is 0 Å². The molecule has 2 atom stereocenters. The minimum Gasteiger partial charge on any atom is -0.481 e. The number of benzene rings is 1. The molecule has 1 amide bonds. The van der Waals surface area contributed by atoms with Crippen molar-refractivity contribution in [2.75, 3.05) is 6.54 Å². The Morgan fingerprint density at radius 3 is 2.45 bits per heavy atom. The highest BCUT2D eigenvalue weighted by Gasteiger charge is 2.19. The number of carbonyl (C=O) groups excluding carboxylic acids is 1. The third kappa shape index (κ3) is 5.21. The van der Waals surface area contributed by atoms with Gasteiger partial charge >= 0.3 is 5.97 Å². The van der Waals surface area contributed by atoms with Crippen LogP contribution >= 0.6 is 15.9 Å². The van der Waals surface area contributed by atoms with Gasteiger partial charge in [0.1, 0.15) is 5.75 Å². The van der Waals surface area contributed by atoms with Gasteiger partial charge in [0.2, 0.25) is 0 Å². The van der Waals surface area contributed by atoms with Gasteiger partial charge in [-0.15, -0.1) is 0 Å². The van der Waals surface area contributed by atoms with Crippen LogP contribution in [0.15, 0.2) is 28.7 Å². The summed E-state index contributed by atoms with van der Waals surface area (Å²) in [5.41, 5.74) is 0. The summed E-state index contributed by atoms with van der Waals surface area (Å²) in [6.45, 7) is 3.50. The second kappa shape index (κ2) is 7.89. The second-order valence-corrected chi connectivity index (χ2v) is 5.32. The number of carboxylic acids is 1. The molecule has 0 aromatic heterocycles. The van der Waals surface area contributed by atoms with E-state index in [1.54, 1.807) is 26.0 Å². The van der Waals surface area contributed by atoms with Gasteiger partial charge in [0, 0.05) is 11.0 Å². The number of hydrogen-bond acceptors (Lipinski definition) is 3. The summed E-state index contributed by atoms with van der Waals surface area (Å²) in [6, 6.07) is 7.13. The number of halogens is 1. The zero-order valence-electron chi connectivity index (χ0n) is 11.4. The lowest BCUT2D eigenvalue weighted by Gasteiger charge is -2.16. The van der Waals surface area contributed by atoms with E-state index in [1.165, 1.54) is 0 Å². The molecule has 110 valence electrons. The van der Waals surface area contributed by atoms with Gasteiger partial charge in [0.15, 0.2) is 6.10 Å². The Morgan fingerprint density at radius 1 is 1.35 bits per heavy atom. The monoisotopic (exact) mass is 343 g/mol. The van der Waals surface area contributed by atoms with E-state index in [1.807, 2.05) is 12.1 Å². The smallest absolute Gasteiger partial charge is 0.308 e. The van der Waals surface area contributed by atoms with Gasteiger partial charge in [-0.3, -0.25) is 9.59 Å². The number of nitrogens with one attached hydrogen (secondary N) is 1. The van der Waals surface area contributed by atoms with Crippen LogP contribution in [0.2, 0.25) is 0 Å². The van der Waals surface area contributed by atoms with Crippen molar-refractivity contribution in [1.82, 2.24) is 5.32 Å². The highest BCUT2D eigenvalue weighted by molar-refractivity contribution is 9.10. The zero-order valence-corrected chi connectivity index (χ0v) is 13.0. The van der Waals surface area contributed by atoms with Crippen LogP contribution in [0.25, 0.3) is 0 Å². The molecule has 0 radical (unpaired) electrons. The number of hydrogen-bond donors (Lipinski definition) is 2. The first-order valence-electron chi connectivity index (χ1n) is 6.36. The lowest BCUT2D eigenvalue weighted by molar-refractivity contribution is -0.141. The van der Waals surface area contributed by atoms with E-state index in [2.05, 4.69) is 21.2 Å². The van der Waals surface area contributed by atoms with Gasteiger partial charge in [-0.25, -0.2) is 0 Å². The molecule has 1 rings (SSSR count). The van der Waals surface area contributed by atoms with Crippen LogP contribution < -0.4 is 10.1 Å². The number of aliphatic carboxylic acids is 1. The maximum Gasteiger partial charge on any atom is 0.308 e. The lowest BCUT2D eigenvalue weighted by Crippen LogP contribution is -2.40. The van der Waals surface area contributed by atoms with E-state index in [-0.39, 0.29) is 12.5 Å². The number of ether oxygens (including phenoxy) is 1. The highest BCUT2D eigenvalue weighted by atomic mass is 79.9. The first-order valence-corrected chi connectivity index (χ1v) is 7.16. The predicted octanol–water partition coefficient (Wildman–Crippen LogP) is 2.44. The number of carboxylic acid groups (broad SMARTS) is 1. The molecule has 1 aromatic rings. The molecule has 0 spiro atoms. The Labute approximate surface area is 126 Å². The van der Waals surface area contributed by atoms with Crippen LogP contribution in [-0.4, -0.2) is 29.6 Å². The molecule has 0 bridgehead atoms. The molecule has 20 heavy (non-hydrogen) atoms. The Balaban J connectivity index is 2.46. The van der Waals surface area contributed by atoms with Crippen LogP contribution in [0, 0.1) is 5.92 Å². The first-order chi connectivity index (χ1) is 9.43. The van der Waals surface area contributed by atoms with Crippen molar-refractivity contribution in [3.63, 3.8) is 0 Å². The third-order valence-corrected chi connectivity index (χ3v) is 3.39. The van der Waals surface area contributed by atoms with Crippen LogP contribution in [0.3, 0.4) is 0 Å². The number of amides is 1. The molecule has 5 nitrogen and oxygen atoms in total. The fraction of sp³-hybridized carbons (Fsp3) is 0.429. The molecule has 0 saturated heterocycles. The van der Waals surface area contributed by atoms with Crippen molar-refractivity contribution in [3.05, 3.63) is 28.7 Å². The minimum absolute atomic E-state index is 0.110. The summed E-state index contributed by atoms with van der Waals surface area (Å²) in [4.78, 5) is 22.7. The van der Waals surface area contributed by atoms with E-state index in [0.717, 1.165) is 4.47 Å². The summed E-state index contributed by atoms with van der Waals surface area (Å²) in [6.07, 6.45) is -0.208. The molecule has 0 aliphatic rings. The molecule has 0 heterocycles. The SMILES string of the molecule is CCC(CNC(=O)C(C)Oc1ccc(Br)cc1)C(=O)O. The van der Waals surface area contributed by atoms with Crippen LogP contribution in [0.4, 0.5) is 0 Å². The minimum atomic E-state index is -0.908. The first kappa shape index (κ1) is 16.5. The van der Waals surface area contributed by atoms with Crippen LogP contribution in [0.1, 0.15) is 20.3 Å². The highest BCUT2D eigenvalue weighted by Crippen LogP contribution is 2.17. The lowest BCUT2D eigenvalue weighted by atomic mass is 10.1. The third-order valence-electron chi connectivity index (χ3n) is 2.86. The topological polar surface area (TPSA) is 75.6 Å². The quantitative estimate of drug-likeness (QED) is 0.797. The summed E-state index contributed by atoms with van der Waals surface area (Å²) in [7, 11) is 0. The number of carbonyl (C=O) groups is 2. The molecular formula is C14H18BrNO4. The molecule has 2 unspecified atom stereocenters. The summed E-state index contributed by atoms with van der Waals surface area (Å²) in [5.74, 6) is -1.22. The fourth-order valence-electron chi connectivity index (χ4n) is 1.54. The van der Waals surface area contributed by atoms with E-state index < -0.39 is 18.0 Å². The second-order valence-electron chi connectivity index (χ2n) is 4.40. The summed E-state index contributed by atoms with van der Waals surface area (Å²) < 4.78 is 6.40. The molecule has 6 heteroatoms. The van der Waals surface area contributed by atoms with Gasteiger partial charge in [-0.1, -0.05) is 22.9 Å². The maximum atomic E-state index is 11.8. The van der Waals surface area contributed by atoms with Crippen LogP contribution in [0.5, 0.6) is 5.75 Å². The van der Waals surface area contributed by atoms with Gasteiger partial charge < -0.3 is 15.2 Å². The number of rotatable bonds is 7. The summed E-state index contributed by atoms with van der Waals surface area (Å²) >= 11 is 3.31. The van der Waals surface area contributed by atoms with E-state index in [4.69, 9.17) is 9.84 Å². The fourth-order valence-corrected chi connectivity index (χ4v) is 1.81. The van der Waals surface area contributed by atoms with Gasteiger partial charge in [-0.05, 0) is 37.6 Å². The van der Waals surface area contributed by atoms with Crippen molar-refractivity contribution < 1.29 is 19.4 Å². The van der Waals surface area contributed by atoms with Crippen molar-refractivity contribution in [1.29, 1.82) is 0 Å². The Morgan fingerprint density at radius 2 is 1.95 bits per heavy atom.